The van der Waals surface area contributed by atoms with Crippen molar-refractivity contribution in [1.82, 2.24) is 5.43 Å². The van der Waals surface area contributed by atoms with Crippen LogP contribution < -0.4 is 10.2 Å². The molecule has 6 nitrogen and oxygen atoms in total. The second kappa shape index (κ2) is 6.42. The Morgan fingerprint density at radius 3 is 2.81 bits per heavy atom. The van der Waals surface area contributed by atoms with Gasteiger partial charge >= 0.3 is 0 Å². The minimum Gasteiger partial charge on any atom is -0.508 e. The number of hydrogen-bond donors (Lipinski definition) is 3. The average Bonchev–Trinajstić information content (AvgIpc) is 2.50. The number of rotatable bonds is 4. The summed E-state index contributed by atoms with van der Waals surface area (Å²) in [5.41, 5.74) is 3.02. The largest absolute Gasteiger partial charge is 0.508 e. The van der Waals surface area contributed by atoms with E-state index in [9.17, 15) is 15.0 Å². The van der Waals surface area contributed by atoms with Gasteiger partial charge in [0.1, 0.15) is 17.2 Å². The van der Waals surface area contributed by atoms with Crippen LogP contribution in [-0.4, -0.2) is 29.4 Å². The molecule has 0 aliphatic heterocycles. The molecule has 2 aromatic rings. The molecule has 0 heterocycles. The quantitative estimate of drug-likeness (QED) is 0.454. The molecule has 21 heavy (non-hydrogen) atoms. The molecule has 0 fully saturated rings. The fourth-order valence-corrected chi connectivity index (χ4v) is 1.63. The van der Waals surface area contributed by atoms with E-state index in [1.165, 1.54) is 31.5 Å². The first-order chi connectivity index (χ1) is 10.1. The Kier molecular flexibility index (Phi) is 4.40. The number of nitrogens with one attached hydrogen (secondary N) is 1. The van der Waals surface area contributed by atoms with Gasteiger partial charge in [-0.3, -0.25) is 4.79 Å². The number of aromatic hydroxyl groups is 2. The number of ether oxygens (including phenoxy) is 1. The number of methoxy groups -OCH3 is 1. The second-order valence-corrected chi connectivity index (χ2v) is 4.17. The van der Waals surface area contributed by atoms with Crippen molar-refractivity contribution < 1.29 is 19.7 Å². The van der Waals surface area contributed by atoms with Crippen LogP contribution >= 0.6 is 0 Å². The van der Waals surface area contributed by atoms with E-state index in [1.54, 1.807) is 24.3 Å². The minimum atomic E-state index is -0.412. The maximum absolute atomic E-state index is 11.9. The highest BCUT2D eigenvalue weighted by molar-refractivity contribution is 5.95. The normalized spacial score (nSPS) is 10.5. The number of hydrazone groups is 1. The van der Waals surface area contributed by atoms with Crippen LogP contribution in [0.1, 0.15) is 15.9 Å². The van der Waals surface area contributed by atoms with Crippen LogP contribution in [0.4, 0.5) is 0 Å². The lowest BCUT2D eigenvalue weighted by Crippen LogP contribution is -2.17. The third kappa shape index (κ3) is 3.73. The van der Waals surface area contributed by atoms with E-state index in [1.807, 2.05) is 0 Å². The summed E-state index contributed by atoms with van der Waals surface area (Å²) in [6.45, 7) is 0. The Hall–Kier alpha value is -3.02. The van der Waals surface area contributed by atoms with E-state index >= 15 is 0 Å². The number of phenols is 2. The zero-order valence-electron chi connectivity index (χ0n) is 11.3. The molecule has 1 amide bonds. The summed E-state index contributed by atoms with van der Waals surface area (Å²) < 4.78 is 5.03. The molecule has 0 spiro atoms. The Labute approximate surface area is 121 Å². The summed E-state index contributed by atoms with van der Waals surface area (Å²) in [5, 5.41) is 22.6. The van der Waals surface area contributed by atoms with E-state index < -0.39 is 5.91 Å². The Balaban J connectivity index is 2.06. The highest BCUT2D eigenvalue weighted by Crippen LogP contribution is 2.20. The third-order valence-electron chi connectivity index (χ3n) is 2.71. The zero-order valence-corrected chi connectivity index (χ0v) is 11.3. The van der Waals surface area contributed by atoms with Gasteiger partial charge in [0, 0.05) is 11.1 Å². The molecule has 0 radical (unpaired) electrons. The van der Waals surface area contributed by atoms with Crippen molar-refractivity contribution in [1.29, 1.82) is 0 Å². The predicted molar refractivity (Wildman–Crippen MR) is 77.8 cm³/mol. The molecule has 108 valence electrons. The number of nitrogens with zero attached hydrogens (tertiary/aromatic N) is 1. The van der Waals surface area contributed by atoms with E-state index in [2.05, 4.69) is 10.5 Å². The second-order valence-electron chi connectivity index (χ2n) is 4.17. The summed E-state index contributed by atoms with van der Waals surface area (Å²) in [5.74, 6) is 0.0996. The van der Waals surface area contributed by atoms with E-state index in [0.717, 1.165) is 0 Å². The zero-order chi connectivity index (χ0) is 15.2. The first-order valence-corrected chi connectivity index (χ1v) is 6.09. The summed E-state index contributed by atoms with van der Waals surface area (Å²) in [6, 6.07) is 10.6. The van der Waals surface area contributed by atoms with Gasteiger partial charge in [-0.05, 0) is 36.4 Å². The summed E-state index contributed by atoms with van der Waals surface area (Å²) >= 11 is 0. The molecular weight excluding hydrogens is 272 g/mol. The first kappa shape index (κ1) is 14.4. The Bertz CT molecular complexity index is 683. The molecule has 0 aliphatic carbocycles. The lowest BCUT2D eigenvalue weighted by molar-refractivity contribution is 0.0954. The maximum Gasteiger partial charge on any atom is 0.271 e. The van der Waals surface area contributed by atoms with Crippen LogP contribution in [0, 0.1) is 0 Å². The van der Waals surface area contributed by atoms with Crippen molar-refractivity contribution in [2.45, 2.75) is 0 Å². The van der Waals surface area contributed by atoms with Gasteiger partial charge in [-0.25, -0.2) is 5.43 Å². The molecule has 0 saturated carbocycles. The van der Waals surface area contributed by atoms with Crippen molar-refractivity contribution in [2.24, 2.45) is 5.10 Å². The Morgan fingerprint density at radius 1 is 1.24 bits per heavy atom. The van der Waals surface area contributed by atoms with E-state index in [4.69, 9.17) is 4.74 Å². The number of hydrogen-bond acceptors (Lipinski definition) is 5. The molecule has 0 aliphatic rings. The average molecular weight is 286 g/mol. The molecule has 0 atom stereocenters. The fourth-order valence-electron chi connectivity index (χ4n) is 1.63. The Morgan fingerprint density at radius 2 is 2.05 bits per heavy atom. The van der Waals surface area contributed by atoms with Crippen molar-refractivity contribution in [2.75, 3.05) is 7.11 Å². The summed E-state index contributed by atoms with van der Waals surface area (Å²) in [7, 11) is 1.51. The third-order valence-corrected chi connectivity index (χ3v) is 2.71. The van der Waals surface area contributed by atoms with Gasteiger partial charge in [0.2, 0.25) is 0 Å². The van der Waals surface area contributed by atoms with Gasteiger partial charge < -0.3 is 14.9 Å². The highest BCUT2D eigenvalue weighted by atomic mass is 16.5. The number of carbonyl (C=O) groups excluding carboxylic acids is 1. The van der Waals surface area contributed by atoms with E-state index in [-0.39, 0.29) is 11.5 Å². The lowest BCUT2D eigenvalue weighted by Gasteiger charge is -2.03. The number of carbonyl (C=O) groups is 1. The number of benzene rings is 2. The fraction of sp³-hybridized carbons (Fsp3) is 0.0667. The molecule has 3 N–H and O–H groups in total. The van der Waals surface area contributed by atoms with Crippen LogP contribution in [0.5, 0.6) is 17.2 Å². The van der Waals surface area contributed by atoms with Gasteiger partial charge in [0.05, 0.1) is 13.3 Å². The minimum absolute atomic E-state index is 0.00614. The van der Waals surface area contributed by atoms with E-state index in [0.29, 0.717) is 16.9 Å². The number of phenolic OH excluding ortho intramolecular Hbond substituents is 2. The SMILES string of the molecule is COc1cccc(C(=O)N/N=C/c2cc(O)ccc2O)c1. The van der Waals surface area contributed by atoms with Crippen LogP contribution in [0.15, 0.2) is 47.6 Å². The molecular formula is C15H14N2O4. The predicted octanol–water partition coefficient (Wildman–Crippen LogP) is 1.87. The molecule has 6 heteroatoms. The van der Waals surface area contributed by atoms with Crippen LogP contribution in [0.2, 0.25) is 0 Å². The standard InChI is InChI=1S/C15H14N2O4/c1-21-13-4-2-3-10(8-13)15(20)17-16-9-11-7-12(18)5-6-14(11)19/h2-9,18-19H,1H3,(H,17,20)/b16-9+. The van der Waals surface area contributed by atoms with Crippen LogP contribution in [-0.2, 0) is 0 Å². The number of amides is 1. The van der Waals surface area contributed by atoms with Crippen LogP contribution in [0.25, 0.3) is 0 Å². The summed E-state index contributed by atoms with van der Waals surface area (Å²) in [6.07, 6.45) is 1.24. The van der Waals surface area contributed by atoms with Gasteiger partial charge in [-0.2, -0.15) is 5.10 Å². The molecule has 0 aromatic heterocycles. The highest BCUT2D eigenvalue weighted by Gasteiger charge is 2.05. The smallest absolute Gasteiger partial charge is 0.271 e. The molecule has 0 saturated heterocycles. The van der Waals surface area contributed by atoms with Crippen molar-refractivity contribution in [3.8, 4) is 17.2 Å². The van der Waals surface area contributed by atoms with Crippen molar-refractivity contribution in [3.05, 3.63) is 53.6 Å². The molecule has 2 rings (SSSR count). The first-order valence-electron chi connectivity index (χ1n) is 6.09. The maximum atomic E-state index is 11.9. The van der Waals surface area contributed by atoms with Crippen molar-refractivity contribution in [3.63, 3.8) is 0 Å². The van der Waals surface area contributed by atoms with Crippen molar-refractivity contribution >= 4 is 12.1 Å². The van der Waals surface area contributed by atoms with Gasteiger partial charge in [-0.1, -0.05) is 6.07 Å². The molecule has 0 bridgehead atoms. The van der Waals surface area contributed by atoms with Gasteiger partial charge in [0.25, 0.3) is 5.91 Å². The lowest BCUT2D eigenvalue weighted by atomic mass is 10.2. The van der Waals surface area contributed by atoms with Crippen LogP contribution in [0.3, 0.4) is 0 Å². The monoisotopic (exact) mass is 286 g/mol. The van der Waals surface area contributed by atoms with Gasteiger partial charge in [0.15, 0.2) is 0 Å². The molecule has 0 unspecified atom stereocenters. The molecule has 2 aromatic carbocycles. The van der Waals surface area contributed by atoms with Gasteiger partial charge in [-0.15, -0.1) is 0 Å². The topological polar surface area (TPSA) is 91.2 Å². The summed E-state index contributed by atoms with van der Waals surface area (Å²) in [4.78, 5) is 11.9.